The van der Waals surface area contributed by atoms with E-state index in [0.717, 1.165) is 11.8 Å². The third-order valence-electron chi connectivity index (χ3n) is 7.51. The molecule has 2 aromatic carbocycles. The van der Waals surface area contributed by atoms with Crippen LogP contribution in [0.5, 0.6) is 0 Å². The van der Waals surface area contributed by atoms with Gasteiger partial charge in [0.05, 0.1) is 0 Å². The lowest BCUT2D eigenvalue weighted by Gasteiger charge is -2.28. The first-order valence-corrected chi connectivity index (χ1v) is 11.7. The fourth-order valence-electron chi connectivity index (χ4n) is 5.41. The molecule has 2 aromatic rings. The third kappa shape index (κ3) is 5.38. The Labute approximate surface area is 176 Å². The van der Waals surface area contributed by atoms with Crippen molar-refractivity contribution in [1.82, 2.24) is 0 Å². The molecule has 154 valence electrons. The number of allylic oxidation sites excluding steroid dienone is 1. The second-order valence-electron chi connectivity index (χ2n) is 9.31. The van der Waals surface area contributed by atoms with Crippen LogP contribution in [0, 0.1) is 17.7 Å². The van der Waals surface area contributed by atoms with Crippen molar-refractivity contribution in [1.29, 1.82) is 0 Å². The van der Waals surface area contributed by atoms with Gasteiger partial charge < -0.3 is 0 Å². The first kappa shape index (κ1) is 20.4. The second-order valence-corrected chi connectivity index (χ2v) is 9.31. The molecule has 0 atom stereocenters. The number of hydrogen-bond acceptors (Lipinski definition) is 0. The fraction of sp³-hybridized carbons (Fsp3) is 0.500. The minimum Gasteiger partial charge on any atom is -0.207 e. The molecule has 0 aliphatic heterocycles. The number of hydrogen-bond donors (Lipinski definition) is 0. The average molecular weight is 391 g/mol. The zero-order valence-electron chi connectivity index (χ0n) is 17.8. The molecule has 0 bridgehead atoms. The molecular formula is C28H35F. The molecular weight excluding hydrogens is 355 g/mol. The van der Waals surface area contributed by atoms with Gasteiger partial charge >= 0.3 is 0 Å². The average Bonchev–Trinajstić information content (AvgIpc) is 2.79. The summed E-state index contributed by atoms with van der Waals surface area (Å²) in [4.78, 5) is 0. The normalized spacial score (nSPS) is 27.9. The van der Waals surface area contributed by atoms with Gasteiger partial charge in [-0.05, 0) is 104 Å². The van der Waals surface area contributed by atoms with Crippen LogP contribution >= 0.6 is 0 Å². The van der Waals surface area contributed by atoms with Crippen LogP contribution in [0.15, 0.2) is 54.6 Å². The molecule has 2 fully saturated rings. The Hall–Kier alpha value is -1.89. The Morgan fingerprint density at radius 2 is 1.24 bits per heavy atom. The fourth-order valence-corrected chi connectivity index (χ4v) is 5.41. The molecule has 0 unspecified atom stereocenters. The molecule has 0 spiro atoms. The highest BCUT2D eigenvalue weighted by Gasteiger charge is 2.22. The van der Waals surface area contributed by atoms with Crippen molar-refractivity contribution in [2.45, 2.75) is 76.5 Å². The summed E-state index contributed by atoms with van der Waals surface area (Å²) in [6, 6.07) is 16.5. The molecule has 0 nitrogen and oxygen atoms in total. The Morgan fingerprint density at radius 1 is 0.724 bits per heavy atom. The van der Waals surface area contributed by atoms with Crippen LogP contribution < -0.4 is 0 Å². The molecule has 2 aliphatic carbocycles. The van der Waals surface area contributed by atoms with Crippen molar-refractivity contribution in [3.8, 4) is 0 Å². The van der Waals surface area contributed by atoms with Crippen molar-refractivity contribution in [3.63, 3.8) is 0 Å². The molecule has 0 radical (unpaired) electrons. The van der Waals surface area contributed by atoms with E-state index in [9.17, 15) is 4.39 Å². The number of benzene rings is 2. The first-order chi connectivity index (χ1) is 14.2. The second kappa shape index (κ2) is 9.74. The van der Waals surface area contributed by atoms with E-state index in [1.165, 1.54) is 74.5 Å². The molecule has 4 rings (SSSR count). The molecule has 0 saturated heterocycles. The topological polar surface area (TPSA) is 0 Å². The molecule has 0 amide bonds. The van der Waals surface area contributed by atoms with E-state index in [1.807, 2.05) is 12.1 Å². The van der Waals surface area contributed by atoms with Crippen LogP contribution in [0.2, 0.25) is 0 Å². The summed E-state index contributed by atoms with van der Waals surface area (Å²) in [5.41, 5.74) is 4.17. The van der Waals surface area contributed by atoms with E-state index in [2.05, 4.69) is 43.3 Å². The third-order valence-corrected chi connectivity index (χ3v) is 7.51. The van der Waals surface area contributed by atoms with Gasteiger partial charge in [-0.1, -0.05) is 61.9 Å². The summed E-state index contributed by atoms with van der Waals surface area (Å²) in [6.45, 7) is 2.33. The Morgan fingerprint density at radius 3 is 1.79 bits per heavy atom. The van der Waals surface area contributed by atoms with Crippen LogP contribution in [0.25, 0.3) is 6.08 Å². The molecule has 1 heteroatoms. The van der Waals surface area contributed by atoms with Crippen LogP contribution in [-0.4, -0.2) is 0 Å². The van der Waals surface area contributed by atoms with Gasteiger partial charge in [0.25, 0.3) is 0 Å². The first-order valence-electron chi connectivity index (χ1n) is 11.7. The van der Waals surface area contributed by atoms with Crippen LogP contribution in [0.4, 0.5) is 4.39 Å². The van der Waals surface area contributed by atoms with Crippen molar-refractivity contribution in [2.75, 3.05) is 0 Å². The van der Waals surface area contributed by atoms with E-state index in [4.69, 9.17) is 0 Å². The van der Waals surface area contributed by atoms with Gasteiger partial charge in [0.2, 0.25) is 0 Å². The quantitative estimate of drug-likeness (QED) is 0.480. The minimum atomic E-state index is -0.134. The Bertz CT molecular complexity index is 770. The van der Waals surface area contributed by atoms with E-state index in [-0.39, 0.29) is 5.82 Å². The molecule has 0 heterocycles. The van der Waals surface area contributed by atoms with E-state index < -0.39 is 0 Å². The van der Waals surface area contributed by atoms with Gasteiger partial charge in [-0.2, -0.15) is 0 Å². The molecule has 0 N–H and O–H groups in total. The van der Waals surface area contributed by atoms with Crippen LogP contribution in [0.3, 0.4) is 0 Å². The Balaban J connectivity index is 1.27. The maximum absolute atomic E-state index is 13.1. The van der Waals surface area contributed by atoms with Crippen LogP contribution in [-0.2, 0) is 0 Å². The summed E-state index contributed by atoms with van der Waals surface area (Å²) in [7, 11) is 0. The van der Waals surface area contributed by atoms with Gasteiger partial charge in [0, 0.05) is 0 Å². The summed E-state index contributed by atoms with van der Waals surface area (Å²) >= 11 is 0. The van der Waals surface area contributed by atoms with E-state index >= 15 is 0 Å². The molecule has 29 heavy (non-hydrogen) atoms. The largest absolute Gasteiger partial charge is 0.207 e. The number of rotatable bonds is 5. The summed E-state index contributed by atoms with van der Waals surface area (Å²) in [5.74, 6) is 2.88. The zero-order valence-corrected chi connectivity index (χ0v) is 17.8. The SMILES string of the molecule is CCC1CCC(c2ccc(/C=C/C3CCC(c4ccc(F)cc4)CC3)cc2)CC1. The van der Waals surface area contributed by atoms with Gasteiger partial charge in [0.1, 0.15) is 5.82 Å². The van der Waals surface area contributed by atoms with Gasteiger partial charge in [-0.25, -0.2) is 4.39 Å². The van der Waals surface area contributed by atoms with Crippen molar-refractivity contribution in [3.05, 3.63) is 77.1 Å². The zero-order chi connectivity index (χ0) is 20.1. The highest BCUT2D eigenvalue weighted by atomic mass is 19.1. The maximum Gasteiger partial charge on any atom is 0.123 e. The van der Waals surface area contributed by atoms with Crippen molar-refractivity contribution < 1.29 is 4.39 Å². The lowest BCUT2D eigenvalue weighted by Crippen LogP contribution is -2.12. The predicted molar refractivity (Wildman–Crippen MR) is 122 cm³/mol. The maximum atomic E-state index is 13.1. The van der Waals surface area contributed by atoms with Crippen molar-refractivity contribution >= 4 is 6.08 Å². The minimum absolute atomic E-state index is 0.134. The monoisotopic (exact) mass is 390 g/mol. The van der Waals surface area contributed by atoms with Gasteiger partial charge in [0.15, 0.2) is 0 Å². The summed E-state index contributed by atoms with van der Waals surface area (Å²) in [5, 5.41) is 0. The standard InChI is InChI=1S/C28H35F/c1-2-21-5-11-24(12-6-21)25-13-7-22(8-14-25)3-4-23-9-15-26(16-10-23)27-17-19-28(29)20-18-27/h3-4,7-8,13-14,17-21,23-24,26H,2,5-6,9-12,15-16H2,1H3/b4-3+. The van der Waals surface area contributed by atoms with E-state index in [0.29, 0.717) is 11.8 Å². The lowest BCUT2D eigenvalue weighted by atomic mass is 9.77. The van der Waals surface area contributed by atoms with Gasteiger partial charge in [-0.3, -0.25) is 0 Å². The van der Waals surface area contributed by atoms with Crippen LogP contribution in [0.1, 0.15) is 93.2 Å². The van der Waals surface area contributed by atoms with Gasteiger partial charge in [-0.15, -0.1) is 0 Å². The lowest BCUT2D eigenvalue weighted by molar-refractivity contribution is 0.319. The smallest absolute Gasteiger partial charge is 0.123 e. The number of halogens is 1. The molecule has 0 aromatic heterocycles. The molecule has 2 saturated carbocycles. The van der Waals surface area contributed by atoms with Crippen molar-refractivity contribution in [2.24, 2.45) is 11.8 Å². The predicted octanol–water partition coefficient (Wildman–Crippen LogP) is 8.50. The highest BCUT2D eigenvalue weighted by Crippen LogP contribution is 2.38. The summed E-state index contributed by atoms with van der Waals surface area (Å²) in [6.07, 6.45) is 16.5. The highest BCUT2D eigenvalue weighted by molar-refractivity contribution is 5.50. The van der Waals surface area contributed by atoms with E-state index in [1.54, 1.807) is 12.1 Å². The molecule has 2 aliphatic rings. The Kier molecular flexibility index (Phi) is 6.85. The summed E-state index contributed by atoms with van der Waals surface area (Å²) < 4.78 is 13.1.